The highest BCUT2D eigenvalue weighted by Gasteiger charge is 2.33. The van der Waals surface area contributed by atoms with Gasteiger partial charge in [0.25, 0.3) is 10.0 Å². The third-order valence-corrected chi connectivity index (χ3v) is 8.27. The monoisotopic (exact) mass is 577 g/mol. The Bertz CT molecular complexity index is 1370. The Labute approximate surface area is 233 Å². The van der Waals surface area contributed by atoms with Crippen LogP contribution >= 0.6 is 23.2 Å². The van der Waals surface area contributed by atoms with Gasteiger partial charge in [0.1, 0.15) is 18.3 Å². The number of methoxy groups -OCH3 is 1. The van der Waals surface area contributed by atoms with E-state index in [0.29, 0.717) is 17.2 Å². The van der Waals surface area contributed by atoms with Crippen LogP contribution in [0.2, 0.25) is 10.0 Å². The molecule has 0 spiro atoms. The molecule has 1 N–H and O–H groups in total. The number of carbonyl (C=O) groups excluding carboxylic acids is 2. The molecule has 11 heteroatoms. The van der Waals surface area contributed by atoms with Gasteiger partial charge in [-0.3, -0.25) is 13.9 Å². The second-order valence-corrected chi connectivity index (χ2v) is 11.0. The molecule has 202 valence electrons. The van der Waals surface area contributed by atoms with E-state index in [9.17, 15) is 18.0 Å². The number of likely N-dealkylation sites (N-methyl/N-ethyl adjacent to an activating group) is 1. The van der Waals surface area contributed by atoms with Crippen molar-refractivity contribution in [3.8, 4) is 5.75 Å². The minimum absolute atomic E-state index is 0.00216. The van der Waals surface area contributed by atoms with Gasteiger partial charge in [-0.15, -0.1) is 0 Å². The summed E-state index contributed by atoms with van der Waals surface area (Å²) in [5.41, 5.74) is 0.905. The van der Waals surface area contributed by atoms with Gasteiger partial charge < -0.3 is 15.0 Å². The summed E-state index contributed by atoms with van der Waals surface area (Å²) >= 11 is 12.3. The predicted octanol–water partition coefficient (Wildman–Crippen LogP) is 4.75. The number of amides is 2. The number of carbonyl (C=O) groups is 2. The quantitative estimate of drug-likeness (QED) is 0.354. The van der Waals surface area contributed by atoms with Gasteiger partial charge in [-0.05, 0) is 54.4 Å². The molecule has 1 atom stereocenters. The Balaban J connectivity index is 2.07. The van der Waals surface area contributed by atoms with E-state index in [1.807, 2.05) is 0 Å². The molecule has 0 unspecified atom stereocenters. The van der Waals surface area contributed by atoms with Gasteiger partial charge in [0, 0.05) is 18.6 Å². The highest BCUT2D eigenvalue weighted by atomic mass is 35.5. The molecule has 0 heterocycles. The van der Waals surface area contributed by atoms with Crippen LogP contribution in [0.4, 0.5) is 5.69 Å². The second kappa shape index (κ2) is 13.0. The summed E-state index contributed by atoms with van der Waals surface area (Å²) in [6.07, 6.45) is 0.318. The van der Waals surface area contributed by atoms with Crippen LogP contribution in [0, 0.1) is 0 Å². The van der Waals surface area contributed by atoms with Gasteiger partial charge in [0.2, 0.25) is 11.8 Å². The first-order chi connectivity index (χ1) is 18.1. The molecule has 2 amide bonds. The molecular formula is C27H29Cl2N3O5S. The van der Waals surface area contributed by atoms with Crippen molar-refractivity contribution in [3.63, 3.8) is 0 Å². The van der Waals surface area contributed by atoms with Crippen molar-refractivity contribution in [3.05, 3.63) is 88.4 Å². The average molecular weight is 579 g/mol. The third-order valence-electron chi connectivity index (χ3n) is 5.93. The molecule has 8 nitrogen and oxygen atoms in total. The maximum Gasteiger partial charge on any atom is 0.264 e. The van der Waals surface area contributed by atoms with Crippen LogP contribution in [-0.4, -0.2) is 51.9 Å². The van der Waals surface area contributed by atoms with Crippen LogP contribution < -0.4 is 14.4 Å². The maximum atomic E-state index is 13.9. The number of nitrogens with zero attached hydrogens (tertiary/aromatic N) is 2. The van der Waals surface area contributed by atoms with Crippen molar-refractivity contribution < 1.29 is 22.7 Å². The largest absolute Gasteiger partial charge is 0.495 e. The number of hydrogen-bond donors (Lipinski definition) is 1. The van der Waals surface area contributed by atoms with E-state index in [-0.39, 0.29) is 28.1 Å². The highest BCUT2D eigenvalue weighted by Crippen LogP contribution is 2.32. The summed E-state index contributed by atoms with van der Waals surface area (Å²) in [6, 6.07) is 18.3. The number of anilines is 1. The summed E-state index contributed by atoms with van der Waals surface area (Å²) in [5, 5.41) is 3.30. The molecule has 38 heavy (non-hydrogen) atoms. The first kappa shape index (κ1) is 29.3. The first-order valence-electron chi connectivity index (χ1n) is 11.8. The number of hydrogen-bond acceptors (Lipinski definition) is 5. The molecule has 0 aliphatic carbocycles. The first-order valence-corrected chi connectivity index (χ1v) is 14.0. The number of sulfonamides is 1. The van der Waals surface area contributed by atoms with Crippen LogP contribution in [-0.2, 0) is 26.2 Å². The zero-order chi connectivity index (χ0) is 27.9. The van der Waals surface area contributed by atoms with Gasteiger partial charge in [-0.1, -0.05) is 60.5 Å². The molecule has 3 aromatic carbocycles. The van der Waals surface area contributed by atoms with Gasteiger partial charge >= 0.3 is 0 Å². The number of ether oxygens (including phenoxy) is 1. The van der Waals surface area contributed by atoms with Crippen molar-refractivity contribution >= 4 is 50.7 Å². The Hall–Kier alpha value is -3.27. The molecule has 0 fully saturated rings. The molecule has 3 rings (SSSR count). The Morgan fingerprint density at radius 1 is 1.00 bits per heavy atom. The normalized spacial score (nSPS) is 11.9. The van der Waals surface area contributed by atoms with Gasteiger partial charge in [0.15, 0.2) is 0 Å². The molecular weight excluding hydrogens is 549 g/mol. The number of nitrogens with one attached hydrogen (secondary N) is 1. The summed E-state index contributed by atoms with van der Waals surface area (Å²) in [6.45, 7) is 1.29. The molecule has 0 aromatic heterocycles. The van der Waals surface area contributed by atoms with E-state index in [4.69, 9.17) is 27.9 Å². The average Bonchev–Trinajstić information content (AvgIpc) is 2.92. The standard InChI is InChI=1S/C27H29Cl2N3O5S/c1-4-24(27(34)30-2)31(17-19-10-12-20(28)13-11-19)26(33)18-32(21-14-15-25(37-3)23(29)16-21)38(35,36)22-8-6-5-7-9-22/h5-16,24H,4,17-18H2,1-3H3,(H,30,34)/t24-/m0/s1. The highest BCUT2D eigenvalue weighted by molar-refractivity contribution is 7.92. The molecule has 0 saturated heterocycles. The fourth-order valence-electron chi connectivity index (χ4n) is 3.93. The molecule has 0 bridgehead atoms. The van der Waals surface area contributed by atoms with E-state index >= 15 is 0 Å². The lowest BCUT2D eigenvalue weighted by molar-refractivity contribution is -0.140. The van der Waals surface area contributed by atoms with Crippen molar-refractivity contribution in [1.29, 1.82) is 0 Å². The van der Waals surface area contributed by atoms with Crippen molar-refractivity contribution in [1.82, 2.24) is 10.2 Å². The fraction of sp³-hybridized carbons (Fsp3) is 0.259. The van der Waals surface area contributed by atoms with Crippen LogP contribution in [0.25, 0.3) is 0 Å². The lowest BCUT2D eigenvalue weighted by atomic mass is 10.1. The summed E-state index contributed by atoms with van der Waals surface area (Å²) in [4.78, 5) is 28.0. The summed E-state index contributed by atoms with van der Waals surface area (Å²) in [7, 11) is -1.25. The zero-order valence-corrected chi connectivity index (χ0v) is 23.6. The van der Waals surface area contributed by atoms with Gasteiger partial charge in [-0.25, -0.2) is 8.42 Å². The second-order valence-electron chi connectivity index (χ2n) is 8.33. The van der Waals surface area contributed by atoms with Crippen molar-refractivity contribution in [2.24, 2.45) is 0 Å². The zero-order valence-electron chi connectivity index (χ0n) is 21.2. The van der Waals surface area contributed by atoms with E-state index in [1.165, 1.54) is 49.4 Å². The Morgan fingerprint density at radius 2 is 1.66 bits per heavy atom. The minimum atomic E-state index is -4.19. The SMILES string of the molecule is CC[C@@H](C(=O)NC)N(Cc1ccc(Cl)cc1)C(=O)CN(c1ccc(OC)c(Cl)c1)S(=O)(=O)c1ccccc1. The van der Waals surface area contributed by atoms with Crippen molar-refractivity contribution in [2.45, 2.75) is 30.8 Å². The molecule has 0 aliphatic heterocycles. The van der Waals surface area contributed by atoms with E-state index < -0.39 is 28.5 Å². The Morgan fingerprint density at radius 3 is 2.21 bits per heavy atom. The molecule has 0 radical (unpaired) electrons. The number of halogens is 2. The van der Waals surface area contributed by atoms with Crippen LogP contribution in [0.15, 0.2) is 77.7 Å². The third kappa shape index (κ3) is 6.78. The predicted molar refractivity (Wildman–Crippen MR) is 149 cm³/mol. The summed E-state index contributed by atoms with van der Waals surface area (Å²) in [5.74, 6) is -0.574. The lowest BCUT2D eigenvalue weighted by Crippen LogP contribution is -2.51. The van der Waals surface area contributed by atoms with Crippen LogP contribution in [0.5, 0.6) is 5.75 Å². The molecule has 0 saturated carbocycles. The molecule has 3 aromatic rings. The van der Waals surface area contributed by atoms with E-state index in [0.717, 1.165) is 9.87 Å². The minimum Gasteiger partial charge on any atom is -0.495 e. The van der Waals surface area contributed by atoms with E-state index in [1.54, 1.807) is 49.4 Å². The van der Waals surface area contributed by atoms with Crippen molar-refractivity contribution in [2.75, 3.05) is 25.0 Å². The van der Waals surface area contributed by atoms with Crippen LogP contribution in [0.1, 0.15) is 18.9 Å². The molecule has 0 aliphatic rings. The Kier molecular flexibility index (Phi) is 10.0. The number of rotatable bonds is 11. The smallest absolute Gasteiger partial charge is 0.264 e. The fourth-order valence-corrected chi connectivity index (χ4v) is 5.74. The summed E-state index contributed by atoms with van der Waals surface area (Å²) < 4.78 is 33.7. The maximum absolute atomic E-state index is 13.9. The van der Waals surface area contributed by atoms with Gasteiger partial charge in [-0.2, -0.15) is 0 Å². The van der Waals surface area contributed by atoms with E-state index in [2.05, 4.69) is 5.32 Å². The van der Waals surface area contributed by atoms with Gasteiger partial charge in [0.05, 0.1) is 22.7 Å². The lowest BCUT2D eigenvalue weighted by Gasteiger charge is -2.33. The topological polar surface area (TPSA) is 96.0 Å². The van der Waals surface area contributed by atoms with Crippen LogP contribution in [0.3, 0.4) is 0 Å². The number of benzene rings is 3.